The van der Waals surface area contributed by atoms with E-state index in [1.165, 1.54) is 0 Å². The highest BCUT2D eigenvalue weighted by Gasteiger charge is 2.38. The number of rotatable bonds is 1. The molecule has 10 heteroatoms. The van der Waals surface area contributed by atoms with Gasteiger partial charge in [-0.25, -0.2) is 4.79 Å². The number of nitrogens with two attached hydrogens (primary N) is 1. The summed E-state index contributed by atoms with van der Waals surface area (Å²) in [6.07, 6.45) is -2.65. The molecule has 0 aliphatic carbocycles. The lowest BCUT2D eigenvalue weighted by Crippen LogP contribution is -2.39. The second kappa shape index (κ2) is 8.58. The van der Waals surface area contributed by atoms with Gasteiger partial charge in [0.2, 0.25) is 11.8 Å². The standard InChI is InChI=1S/C16H14N2O3.C2HF3O2/c17-7-1-2-10-3-5-14-12(8-10)13(9-21-14)11-4-6-15(19)18-16(11)20;3-2(4,5)1(6)7/h3,5,8-9,11H,4,6-7,17H2,(H,18,19,20);(H,6,7)/t11-;/m1./s1. The third kappa shape index (κ3) is 5.11. The van der Waals surface area contributed by atoms with Crippen LogP contribution in [-0.2, 0) is 14.4 Å². The Morgan fingerprint density at radius 3 is 2.61 bits per heavy atom. The number of nitrogens with one attached hydrogen (secondary N) is 1. The van der Waals surface area contributed by atoms with E-state index in [-0.39, 0.29) is 17.7 Å². The second-order valence-corrected chi connectivity index (χ2v) is 5.71. The molecule has 1 aliphatic rings. The number of carbonyl (C=O) groups is 3. The third-order valence-corrected chi connectivity index (χ3v) is 3.80. The normalized spacial score (nSPS) is 16.5. The van der Waals surface area contributed by atoms with E-state index < -0.39 is 12.1 Å². The average Bonchev–Trinajstić information content (AvgIpc) is 3.03. The van der Waals surface area contributed by atoms with Crippen molar-refractivity contribution in [1.82, 2.24) is 5.32 Å². The minimum absolute atomic E-state index is 0.224. The van der Waals surface area contributed by atoms with E-state index in [2.05, 4.69) is 17.2 Å². The molecule has 0 saturated carbocycles. The summed E-state index contributed by atoms with van der Waals surface area (Å²) >= 11 is 0. The van der Waals surface area contributed by atoms with Gasteiger partial charge in [0.05, 0.1) is 18.7 Å². The van der Waals surface area contributed by atoms with Gasteiger partial charge in [0.15, 0.2) is 0 Å². The van der Waals surface area contributed by atoms with E-state index in [1.807, 2.05) is 18.2 Å². The Morgan fingerprint density at radius 1 is 1.36 bits per heavy atom. The van der Waals surface area contributed by atoms with Crippen molar-refractivity contribution in [2.45, 2.75) is 24.9 Å². The van der Waals surface area contributed by atoms with Crippen LogP contribution < -0.4 is 11.1 Å². The number of fused-ring (bicyclic) bond motifs is 1. The summed E-state index contributed by atoms with van der Waals surface area (Å²) < 4.78 is 37.2. The first-order valence-electron chi connectivity index (χ1n) is 7.97. The summed E-state index contributed by atoms with van der Waals surface area (Å²) in [5, 5.41) is 10.3. The molecule has 7 nitrogen and oxygen atoms in total. The maximum absolute atomic E-state index is 12.0. The minimum Gasteiger partial charge on any atom is -0.475 e. The molecule has 1 aliphatic heterocycles. The van der Waals surface area contributed by atoms with Crippen LogP contribution in [0.25, 0.3) is 11.0 Å². The molecule has 1 saturated heterocycles. The van der Waals surface area contributed by atoms with Gasteiger partial charge in [0.25, 0.3) is 0 Å². The zero-order chi connectivity index (χ0) is 20.9. The summed E-state index contributed by atoms with van der Waals surface area (Å²) in [5.74, 6) is 2.15. The van der Waals surface area contributed by atoms with Gasteiger partial charge in [0, 0.05) is 22.9 Å². The van der Waals surface area contributed by atoms with Crippen molar-refractivity contribution in [3.8, 4) is 11.8 Å². The fourth-order valence-corrected chi connectivity index (χ4v) is 2.54. The van der Waals surface area contributed by atoms with Crippen LogP contribution >= 0.6 is 0 Å². The predicted octanol–water partition coefficient (Wildman–Crippen LogP) is 1.90. The van der Waals surface area contributed by atoms with Gasteiger partial charge in [0.1, 0.15) is 5.58 Å². The molecule has 28 heavy (non-hydrogen) atoms. The van der Waals surface area contributed by atoms with Gasteiger partial charge in [-0.15, -0.1) is 0 Å². The number of piperidine rings is 1. The number of aliphatic carboxylic acids is 1. The highest BCUT2D eigenvalue weighted by atomic mass is 19.4. The van der Waals surface area contributed by atoms with Gasteiger partial charge >= 0.3 is 12.1 Å². The Bertz CT molecular complexity index is 969. The van der Waals surface area contributed by atoms with Crippen molar-refractivity contribution in [1.29, 1.82) is 0 Å². The third-order valence-electron chi connectivity index (χ3n) is 3.80. The number of imide groups is 1. The van der Waals surface area contributed by atoms with Gasteiger partial charge < -0.3 is 15.3 Å². The topological polar surface area (TPSA) is 123 Å². The summed E-state index contributed by atoms with van der Waals surface area (Å²) in [6, 6.07) is 5.56. The average molecular weight is 396 g/mol. The lowest BCUT2D eigenvalue weighted by Gasteiger charge is -2.19. The number of furan rings is 1. The Morgan fingerprint density at radius 2 is 2.04 bits per heavy atom. The summed E-state index contributed by atoms with van der Waals surface area (Å²) in [7, 11) is 0. The predicted molar refractivity (Wildman–Crippen MR) is 91.0 cm³/mol. The van der Waals surface area contributed by atoms with Crippen molar-refractivity contribution in [2.24, 2.45) is 5.73 Å². The molecule has 0 unspecified atom stereocenters. The maximum Gasteiger partial charge on any atom is 0.490 e. The Balaban J connectivity index is 0.000000345. The van der Waals surface area contributed by atoms with Crippen LogP contribution in [0.4, 0.5) is 13.2 Å². The highest BCUT2D eigenvalue weighted by molar-refractivity contribution is 6.02. The molecule has 148 valence electrons. The second-order valence-electron chi connectivity index (χ2n) is 5.71. The van der Waals surface area contributed by atoms with E-state index in [0.717, 1.165) is 16.5 Å². The zero-order valence-corrected chi connectivity index (χ0v) is 14.3. The maximum atomic E-state index is 12.0. The van der Waals surface area contributed by atoms with Gasteiger partial charge in [-0.1, -0.05) is 11.8 Å². The molecule has 2 heterocycles. The van der Waals surface area contributed by atoms with Crippen LogP contribution in [0.1, 0.15) is 29.9 Å². The number of carboxylic acids is 1. The highest BCUT2D eigenvalue weighted by Crippen LogP contribution is 2.32. The number of halogens is 3. The largest absolute Gasteiger partial charge is 0.490 e. The van der Waals surface area contributed by atoms with E-state index in [0.29, 0.717) is 25.0 Å². The van der Waals surface area contributed by atoms with E-state index in [9.17, 15) is 22.8 Å². The van der Waals surface area contributed by atoms with Crippen molar-refractivity contribution in [3.05, 3.63) is 35.6 Å². The van der Waals surface area contributed by atoms with Crippen molar-refractivity contribution in [2.75, 3.05) is 6.54 Å². The zero-order valence-electron chi connectivity index (χ0n) is 14.3. The molecule has 1 atom stereocenters. The van der Waals surface area contributed by atoms with Gasteiger partial charge in [-0.2, -0.15) is 13.2 Å². The van der Waals surface area contributed by atoms with Crippen LogP contribution in [0.5, 0.6) is 0 Å². The molecular weight excluding hydrogens is 381 g/mol. The lowest BCUT2D eigenvalue weighted by molar-refractivity contribution is -0.192. The van der Waals surface area contributed by atoms with E-state index >= 15 is 0 Å². The van der Waals surface area contributed by atoms with Crippen molar-refractivity contribution >= 4 is 28.8 Å². The van der Waals surface area contributed by atoms with Crippen LogP contribution in [0.15, 0.2) is 28.9 Å². The fraction of sp³-hybridized carbons (Fsp3) is 0.278. The molecule has 0 spiro atoms. The molecule has 1 aromatic carbocycles. The molecule has 2 aromatic rings. The Hall–Kier alpha value is -3.32. The van der Waals surface area contributed by atoms with Gasteiger partial charge in [-0.05, 0) is 24.6 Å². The molecule has 1 aromatic heterocycles. The fourth-order valence-electron chi connectivity index (χ4n) is 2.54. The summed E-state index contributed by atoms with van der Waals surface area (Å²) in [6.45, 7) is 0.295. The molecule has 2 amide bonds. The molecule has 0 radical (unpaired) electrons. The molecule has 1 fully saturated rings. The first kappa shape index (κ1) is 21.0. The van der Waals surface area contributed by atoms with E-state index in [4.69, 9.17) is 20.1 Å². The lowest BCUT2D eigenvalue weighted by atomic mass is 9.90. The number of hydrogen-bond donors (Lipinski definition) is 3. The van der Waals surface area contributed by atoms with Crippen LogP contribution in [0, 0.1) is 11.8 Å². The summed E-state index contributed by atoms with van der Waals surface area (Å²) in [5.41, 5.74) is 7.69. The number of hydrogen-bond acceptors (Lipinski definition) is 5. The van der Waals surface area contributed by atoms with Gasteiger partial charge in [-0.3, -0.25) is 14.9 Å². The first-order valence-corrected chi connectivity index (χ1v) is 7.97. The number of amides is 2. The monoisotopic (exact) mass is 396 g/mol. The quantitative estimate of drug-likeness (QED) is 0.500. The van der Waals surface area contributed by atoms with Crippen LogP contribution in [0.3, 0.4) is 0 Å². The van der Waals surface area contributed by atoms with Crippen LogP contribution in [0.2, 0.25) is 0 Å². The molecule has 4 N–H and O–H groups in total. The minimum atomic E-state index is -5.08. The number of benzene rings is 1. The smallest absolute Gasteiger partial charge is 0.475 e. The van der Waals surface area contributed by atoms with Crippen molar-refractivity contribution < 1.29 is 37.1 Å². The molecular formula is C18H15F3N2O5. The Kier molecular flexibility index (Phi) is 6.43. The molecule has 3 rings (SSSR count). The van der Waals surface area contributed by atoms with Crippen LogP contribution in [-0.4, -0.2) is 35.6 Å². The number of carboxylic acid groups (broad SMARTS) is 1. The first-order chi connectivity index (χ1) is 13.1. The van der Waals surface area contributed by atoms with Crippen molar-refractivity contribution in [3.63, 3.8) is 0 Å². The Labute approximate surface area is 156 Å². The number of carbonyl (C=O) groups excluding carboxylic acids is 2. The van der Waals surface area contributed by atoms with E-state index in [1.54, 1.807) is 6.26 Å². The SMILES string of the molecule is NCC#Cc1ccc2occ([C@H]3CCC(=O)NC3=O)c2c1.O=C(O)C(F)(F)F. The molecule has 0 bridgehead atoms. The number of alkyl halides is 3. The summed E-state index contributed by atoms with van der Waals surface area (Å²) in [4.78, 5) is 32.1.